The number of hydrogen-bond donors (Lipinski definition) is 2. The van der Waals surface area contributed by atoms with Crippen LogP contribution in [-0.4, -0.2) is 16.1 Å². The molecule has 0 radical (unpaired) electrons. The van der Waals surface area contributed by atoms with Crippen molar-refractivity contribution in [2.24, 2.45) is 0 Å². The molecule has 0 unspecified atom stereocenters. The summed E-state index contributed by atoms with van der Waals surface area (Å²) >= 11 is 3.11. The van der Waals surface area contributed by atoms with Crippen molar-refractivity contribution in [3.63, 3.8) is 0 Å². The molecule has 0 amide bonds. The lowest BCUT2D eigenvalue weighted by Gasteiger charge is -2.04. The second kappa shape index (κ2) is 3.76. The van der Waals surface area contributed by atoms with E-state index in [0.717, 1.165) is 0 Å². The Balaban J connectivity index is 2.84. The van der Waals surface area contributed by atoms with Crippen molar-refractivity contribution < 1.29 is 23.1 Å². The van der Waals surface area contributed by atoms with E-state index >= 15 is 0 Å². The number of hydrogen-bond acceptors (Lipinski definition) is 1. The van der Waals surface area contributed by atoms with E-state index in [2.05, 4.69) is 20.9 Å². The van der Waals surface area contributed by atoms with Gasteiger partial charge in [0.1, 0.15) is 5.69 Å². The molecule has 0 aliphatic heterocycles. The summed E-state index contributed by atoms with van der Waals surface area (Å²) in [5.74, 6) is -1.61. The van der Waals surface area contributed by atoms with Crippen LogP contribution in [0.2, 0.25) is 0 Å². The third-order valence-electron chi connectivity index (χ3n) is 2.26. The summed E-state index contributed by atoms with van der Waals surface area (Å²) in [6.07, 6.45) is -4.72. The molecular weight excluding hydrogens is 303 g/mol. The van der Waals surface area contributed by atoms with Crippen molar-refractivity contribution >= 4 is 32.8 Å². The van der Waals surface area contributed by atoms with E-state index in [-0.39, 0.29) is 10.9 Å². The molecule has 2 aromatic rings. The van der Waals surface area contributed by atoms with Crippen molar-refractivity contribution in [3.8, 4) is 0 Å². The number of carboxylic acids is 1. The first-order chi connectivity index (χ1) is 7.80. The van der Waals surface area contributed by atoms with Gasteiger partial charge in [0.25, 0.3) is 0 Å². The summed E-state index contributed by atoms with van der Waals surface area (Å²) in [5.41, 5.74) is -1.86. The summed E-state index contributed by atoms with van der Waals surface area (Å²) < 4.78 is 38.5. The molecule has 1 aromatic carbocycles. The third kappa shape index (κ3) is 2.02. The van der Waals surface area contributed by atoms with E-state index in [1.807, 2.05) is 0 Å². The molecule has 0 atom stereocenters. The van der Waals surface area contributed by atoms with Gasteiger partial charge >= 0.3 is 12.1 Å². The van der Waals surface area contributed by atoms with Crippen molar-refractivity contribution in [2.45, 2.75) is 6.18 Å². The number of nitrogens with one attached hydrogen (secondary N) is 1. The van der Waals surface area contributed by atoms with Gasteiger partial charge in [-0.2, -0.15) is 13.2 Å². The number of alkyl halides is 3. The van der Waals surface area contributed by atoms with Crippen LogP contribution in [0.15, 0.2) is 22.7 Å². The van der Waals surface area contributed by atoms with Crippen LogP contribution in [0.25, 0.3) is 10.9 Å². The average Bonchev–Trinajstić information content (AvgIpc) is 2.55. The normalized spacial score (nSPS) is 12.0. The lowest BCUT2D eigenvalue weighted by Crippen LogP contribution is -2.11. The van der Waals surface area contributed by atoms with Crippen LogP contribution in [0.1, 0.15) is 16.1 Å². The Morgan fingerprint density at radius 1 is 1.35 bits per heavy atom. The lowest BCUT2D eigenvalue weighted by atomic mass is 10.1. The fourth-order valence-corrected chi connectivity index (χ4v) is 1.97. The maximum atomic E-state index is 12.6. The first-order valence-corrected chi connectivity index (χ1v) is 5.21. The first kappa shape index (κ1) is 12.0. The van der Waals surface area contributed by atoms with E-state index in [1.165, 1.54) is 18.2 Å². The van der Waals surface area contributed by atoms with Gasteiger partial charge in [0.2, 0.25) is 0 Å². The standard InChI is InChI=1S/C10H5BrF3NO2/c11-4-1-2-5-6(3-4)15-8(10(12,13)14)7(5)9(16)17/h1-3,15H,(H,16,17). The Morgan fingerprint density at radius 3 is 2.53 bits per heavy atom. The molecule has 90 valence electrons. The van der Waals surface area contributed by atoms with E-state index < -0.39 is 23.4 Å². The molecule has 0 fully saturated rings. The summed E-state index contributed by atoms with van der Waals surface area (Å²) in [6.45, 7) is 0. The molecule has 0 aliphatic carbocycles. The van der Waals surface area contributed by atoms with Crippen LogP contribution >= 0.6 is 15.9 Å². The molecule has 2 rings (SSSR count). The van der Waals surface area contributed by atoms with Crippen molar-refractivity contribution in [2.75, 3.05) is 0 Å². The van der Waals surface area contributed by atoms with Gasteiger partial charge in [-0.1, -0.05) is 22.0 Å². The molecule has 17 heavy (non-hydrogen) atoms. The summed E-state index contributed by atoms with van der Waals surface area (Å²) in [7, 11) is 0. The fourth-order valence-electron chi connectivity index (χ4n) is 1.60. The number of H-pyrrole nitrogens is 1. The van der Waals surface area contributed by atoms with Gasteiger partial charge in [0, 0.05) is 15.4 Å². The summed E-state index contributed by atoms with van der Waals surface area (Å²) in [4.78, 5) is 13.0. The number of aromatic amines is 1. The number of fused-ring (bicyclic) bond motifs is 1. The van der Waals surface area contributed by atoms with Gasteiger partial charge in [-0.15, -0.1) is 0 Å². The zero-order valence-electron chi connectivity index (χ0n) is 8.10. The molecule has 1 aromatic heterocycles. The van der Waals surface area contributed by atoms with E-state index in [0.29, 0.717) is 4.47 Å². The fraction of sp³-hybridized carbons (Fsp3) is 0.100. The second-order valence-corrected chi connectivity index (χ2v) is 4.28. The number of benzene rings is 1. The molecule has 0 bridgehead atoms. The molecule has 7 heteroatoms. The minimum Gasteiger partial charge on any atom is -0.478 e. The molecule has 2 N–H and O–H groups in total. The number of carboxylic acid groups (broad SMARTS) is 1. The topological polar surface area (TPSA) is 53.1 Å². The third-order valence-corrected chi connectivity index (χ3v) is 2.75. The molecule has 0 saturated heterocycles. The highest BCUT2D eigenvalue weighted by molar-refractivity contribution is 9.10. The lowest BCUT2D eigenvalue weighted by molar-refractivity contribution is -0.141. The van der Waals surface area contributed by atoms with E-state index in [4.69, 9.17) is 5.11 Å². The van der Waals surface area contributed by atoms with Crippen LogP contribution < -0.4 is 0 Å². The van der Waals surface area contributed by atoms with Crippen LogP contribution in [-0.2, 0) is 6.18 Å². The Kier molecular flexibility index (Phi) is 2.65. The maximum absolute atomic E-state index is 12.6. The van der Waals surface area contributed by atoms with Gasteiger partial charge in [-0.25, -0.2) is 4.79 Å². The second-order valence-electron chi connectivity index (χ2n) is 3.37. The number of carbonyl (C=O) groups is 1. The number of aromatic nitrogens is 1. The molecule has 3 nitrogen and oxygen atoms in total. The van der Waals surface area contributed by atoms with Crippen molar-refractivity contribution in [1.82, 2.24) is 4.98 Å². The summed E-state index contributed by atoms with van der Waals surface area (Å²) in [5, 5.41) is 8.89. The Bertz CT molecular complexity index is 603. The zero-order chi connectivity index (χ0) is 12.8. The maximum Gasteiger partial charge on any atom is 0.432 e. The summed E-state index contributed by atoms with van der Waals surface area (Å²) in [6, 6.07) is 4.22. The Hall–Kier alpha value is -1.50. The molecule has 0 spiro atoms. The average molecular weight is 308 g/mol. The van der Waals surface area contributed by atoms with Crippen molar-refractivity contribution in [3.05, 3.63) is 33.9 Å². The van der Waals surface area contributed by atoms with Crippen molar-refractivity contribution in [1.29, 1.82) is 0 Å². The van der Waals surface area contributed by atoms with Crippen LogP contribution in [0.5, 0.6) is 0 Å². The van der Waals surface area contributed by atoms with Crippen LogP contribution in [0, 0.1) is 0 Å². The van der Waals surface area contributed by atoms with Gasteiger partial charge in [0.15, 0.2) is 0 Å². The highest BCUT2D eigenvalue weighted by atomic mass is 79.9. The first-order valence-electron chi connectivity index (χ1n) is 4.42. The van der Waals surface area contributed by atoms with Gasteiger partial charge < -0.3 is 10.1 Å². The minimum atomic E-state index is -4.72. The number of rotatable bonds is 1. The van der Waals surface area contributed by atoms with E-state index in [9.17, 15) is 18.0 Å². The molecular formula is C10H5BrF3NO2. The van der Waals surface area contributed by atoms with Gasteiger partial charge in [-0.05, 0) is 12.1 Å². The number of halogens is 4. The Labute approximate surface area is 101 Å². The SMILES string of the molecule is O=C(O)c1c(C(F)(F)F)[nH]c2cc(Br)ccc12. The zero-order valence-corrected chi connectivity index (χ0v) is 9.69. The number of aromatic carboxylic acids is 1. The largest absolute Gasteiger partial charge is 0.478 e. The van der Waals surface area contributed by atoms with Crippen LogP contribution in [0.3, 0.4) is 0 Å². The molecule has 1 heterocycles. The predicted octanol–water partition coefficient (Wildman–Crippen LogP) is 3.65. The molecule has 0 aliphatic rings. The minimum absolute atomic E-state index is 0.0352. The van der Waals surface area contributed by atoms with Gasteiger partial charge in [-0.3, -0.25) is 0 Å². The molecule has 0 saturated carbocycles. The monoisotopic (exact) mass is 307 g/mol. The predicted molar refractivity (Wildman–Crippen MR) is 58.0 cm³/mol. The van der Waals surface area contributed by atoms with Crippen LogP contribution in [0.4, 0.5) is 13.2 Å². The smallest absolute Gasteiger partial charge is 0.432 e. The Morgan fingerprint density at radius 2 is 2.00 bits per heavy atom. The highest BCUT2D eigenvalue weighted by Gasteiger charge is 2.38. The quantitative estimate of drug-likeness (QED) is 0.845. The van der Waals surface area contributed by atoms with Gasteiger partial charge in [0.05, 0.1) is 5.56 Å². The van der Waals surface area contributed by atoms with E-state index in [1.54, 1.807) is 0 Å². The highest BCUT2D eigenvalue weighted by Crippen LogP contribution is 2.36.